The van der Waals surface area contributed by atoms with Crippen LogP contribution >= 0.6 is 0 Å². The molecule has 1 unspecified atom stereocenters. The van der Waals surface area contributed by atoms with Crippen LogP contribution < -0.4 is 10.6 Å². The van der Waals surface area contributed by atoms with Crippen LogP contribution in [0.15, 0.2) is 48.5 Å². The van der Waals surface area contributed by atoms with Crippen molar-refractivity contribution in [2.24, 2.45) is 5.41 Å². The lowest BCUT2D eigenvalue weighted by molar-refractivity contribution is -0.137. The van der Waals surface area contributed by atoms with Gasteiger partial charge < -0.3 is 20.5 Å². The van der Waals surface area contributed by atoms with Crippen molar-refractivity contribution in [1.29, 1.82) is 0 Å². The molecule has 0 radical (unpaired) electrons. The van der Waals surface area contributed by atoms with E-state index in [2.05, 4.69) is 34.9 Å². The van der Waals surface area contributed by atoms with Crippen LogP contribution in [0.1, 0.15) is 70.4 Å². The highest BCUT2D eigenvalue weighted by molar-refractivity contribution is 5.80. The Hall–Kier alpha value is -3.35. The van der Waals surface area contributed by atoms with Gasteiger partial charge in [-0.15, -0.1) is 0 Å². The summed E-state index contributed by atoms with van der Waals surface area (Å²) in [6.07, 6.45) is 0.680. The molecule has 7 heteroatoms. The minimum Gasteiger partial charge on any atom is -0.481 e. The maximum Gasteiger partial charge on any atom is 0.407 e. The smallest absolute Gasteiger partial charge is 0.407 e. The Balaban J connectivity index is 1.62. The Morgan fingerprint density at radius 2 is 1.51 bits per heavy atom. The molecule has 0 aliphatic heterocycles. The third-order valence-corrected chi connectivity index (χ3v) is 6.49. The largest absolute Gasteiger partial charge is 0.481 e. The highest BCUT2D eigenvalue weighted by Gasteiger charge is 2.32. The molecule has 0 spiro atoms. The summed E-state index contributed by atoms with van der Waals surface area (Å²) in [4.78, 5) is 36.6. The minimum absolute atomic E-state index is 0.0352. The van der Waals surface area contributed by atoms with Crippen molar-refractivity contribution >= 4 is 18.0 Å². The Bertz CT molecular complexity index is 1010. The number of amides is 2. The topological polar surface area (TPSA) is 105 Å². The molecule has 188 valence electrons. The third kappa shape index (κ3) is 6.84. The number of benzene rings is 2. The average molecular weight is 481 g/mol. The molecule has 0 fully saturated rings. The summed E-state index contributed by atoms with van der Waals surface area (Å²) in [5.74, 6) is -1.29. The molecule has 0 aromatic heterocycles. The van der Waals surface area contributed by atoms with Gasteiger partial charge in [0.25, 0.3) is 0 Å². The molecule has 3 N–H and O–H groups in total. The fourth-order valence-corrected chi connectivity index (χ4v) is 4.61. The summed E-state index contributed by atoms with van der Waals surface area (Å²) in [5.41, 5.74) is 4.17. The highest BCUT2D eigenvalue weighted by atomic mass is 16.5. The zero-order valence-corrected chi connectivity index (χ0v) is 21.0. The molecule has 0 saturated heterocycles. The lowest BCUT2D eigenvalue weighted by Crippen LogP contribution is -2.48. The van der Waals surface area contributed by atoms with Crippen molar-refractivity contribution < 1.29 is 24.2 Å². The Morgan fingerprint density at radius 1 is 0.943 bits per heavy atom. The molecule has 3 rings (SSSR count). The molecule has 2 amide bonds. The lowest BCUT2D eigenvalue weighted by atomic mass is 9.84. The van der Waals surface area contributed by atoms with Gasteiger partial charge in [-0.3, -0.25) is 9.59 Å². The van der Waals surface area contributed by atoms with E-state index >= 15 is 0 Å². The number of hydrogen-bond donors (Lipinski definition) is 3. The number of carbonyl (C=O) groups excluding carboxylic acids is 2. The van der Waals surface area contributed by atoms with Crippen LogP contribution in [0.4, 0.5) is 4.79 Å². The molecule has 35 heavy (non-hydrogen) atoms. The van der Waals surface area contributed by atoms with Gasteiger partial charge in [-0.25, -0.2) is 4.79 Å². The van der Waals surface area contributed by atoms with Gasteiger partial charge in [0, 0.05) is 24.4 Å². The Labute approximate surface area is 207 Å². The summed E-state index contributed by atoms with van der Waals surface area (Å²) in [6.45, 7) is 7.96. The molecule has 2 aromatic carbocycles. The van der Waals surface area contributed by atoms with Gasteiger partial charge in [0.05, 0.1) is 6.42 Å². The normalized spacial score (nSPS) is 14.4. The van der Waals surface area contributed by atoms with E-state index in [1.54, 1.807) is 0 Å². The van der Waals surface area contributed by atoms with Crippen LogP contribution in [0.2, 0.25) is 0 Å². The first-order valence-corrected chi connectivity index (χ1v) is 12.2. The van der Waals surface area contributed by atoms with Crippen LogP contribution in [0.3, 0.4) is 0 Å². The van der Waals surface area contributed by atoms with E-state index in [4.69, 9.17) is 9.84 Å². The number of fused-ring (bicyclic) bond motifs is 3. The number of hydrogen-bond acceptors (Lipinski definition) is 4. The fourth-order valence-electron chi connectivity index (χ4n) is 4.61. The van der Waals surface area contributed by atoms with E-state index in [0.29, 0.717) is 6.42 Å². The summed E-state index contributed by atoms with van der Waals surface area (Å²) in [5, 5.41) is 14.8. The second kappa shape index (κ2) is 11.4. The lowest BCUT2D eigenvalue weighted by Gasteiger charge is -2.31. The van der Waals surface area contributed by atoms with E-state index in [0.717, 1.165) is 28.7 Å². The van der Waals surface area contributed by atoms with Crippen molar-refractivity contribution in [2.75, 3.05) is 6.61 Å². The Kier molecular flexibility index (Phi) is 8.54. The van der Waals surface area contributed by atoms with Crippen molar-refractivity contribution in [3.63, 3.8) is 0 Å². The molecule has 2 aromatic rings. The van der Waals surface area contributed by atoms with E-state index in [1.807, 2.05) is 52.0 Å². The van der Waals surface area contributed by atoms with Crippen LogP contribution in [0.25, 0.3) is 11.1 Å². The first kappa shape index (κ1) is 26.3. The molecule has 1 aliphatic carbocycles. The highest BCUT2D eigenvalue weighted by Crippen LogP contribution is 2.44. The predicted molar refractivity (Wildman–Crippen MR) is 135 cm³/mol. The zero-order valence-electron chi connectivity index (χ0n) is 21.0. The molecule has 0 heterocycles. The number of carbonyl (C=O) groups is 3. The fraction of sp³-hybridized carbons (Fsp3) is 0.464. The van der Waals surface area contributed by atoms with Crippen LogP contribution in [-0.4, -0.2) is 41.8 Å². The minimum atomic E-state index is -0.951. The predicted octanol–water partition coefficient (Wildman–Crippen LogP) is 5.09. The molecule has 7 nitrogen and oxygen atoms in total. The molecular weight excluding hydrogens is 444 g/mol. The number of carboxylic acid groups (broad SMARTS) is 1. The quantitative estimate of drug-likeness (QED) is 0.439. The maximum atomic E-state index is 12.8. The maximum absolute atomic E-state index is 12.8. The standard InChI is InChI=1S/C28H36N2O5/c1-5-10-18(15-26(32)33)29-25(31)16-24(28(2,3)4)30-27(34)35-17-23-21-13-8-6-11-19(21)20-12-7-9-14-22(20)23/h6-9,11-14,18,23-24H,5,10,15-17H2,1-4H3,(H,29,31)(H,30,34)(H,32,33)/t18-,24?/m0/s1. The van der Waals surface area contributed by atoms with Crippen LogP contribution in [0, 0.1) is 5.41 Å². The van der Waals surface area contributed by atoms with E-state index in [1.165, 1.54) is 0 Å². The van der Waals surface area contributed by atoms with Crippen LogP contribution in [0.5, 0.6) is 0 Å². The average Bonchev–Trinajstić information content (AvgIpc) is 3.10. The zero-order chi connectivity index (χ0) is 25.6. The molecule has 1 aliphatic rings. The second-order valence-electron chi connectivity index (χ2n) is 10.2. The number of carboxylic acids is 1. The van der Waals surface area contributed by atoms with E-state index in [9.17, 15) is 14.4 Å². The van der Waals surface area contributed by atoms with Gasteiger partial charge in [0.1, 0.15) is 6.61 Å². The van der Waals surface area contributed by atoms with Gasteiger partial charge in [-0.1, -0.05) is 82.6 Å². The number of nitrogens with one attached hydrogen (secondary N) is 2. The second-order valence-corrected chi connectivity index (χ2v) is 10.2. The Morgan fingerprint density at radius 3 is 2.03 bits per heavy atom. The first-order chi connectivity index (χ1) is 16.6. The molecule has 0 bridgehead atoms. The SMILES string of the molecule is CCC[C@@H](CC(=O)O)NC(=O)CC(NC(=O)OCC1c2ccccc2-c2ccccc21)C(C)(C)C. The van der Waals surface area contributed by atoms with Gasteiger partial charge in [-0.2, -0.15) is 0 Å². The van der Waals surface area contributed by atoms with E-state index < -0.39 is 29.6 Å². The van der Waals surface area contributed by atoms with Crippen molar-refractivity contribution in [3.8, 4) is 11.1 Å². The first-order valence-electron chi connectivity index (χ1n) is 12.2. The summed E-state index contributed by atoms with van der Waals surface area (Å²) < 4.78 is 5.66. The number of rotatable bonds is 10. The number of alkyl carbamates (subject to hydrolysis) is 1. The summed E-state index contributed by atoms with van der Waals surface area (Å²) in [7, 11) is 0. The summed E-state index contributed by atoms with van der Waals surface area (Å²) >= 11 is 0. The third-order valence-electron chi connectivity index (χ3n) is 6.49. The van der Waals surface area contributed by atoms with Crippen molar-refractivity contribution in [2.45, 2.75) is 71.4 Å². The van der Waals surface area contributed by atoms with Gasteiger partial charge >= 0.3 is 12.1 Å². The van der Waals surface area contributed by atoms with Crippen molar-refractivity contribution in [3.05, 3.63) is 59.7 Å². The van der Waals surface area contributed by atoms with Gasteiger partial charge in [0.15, 0.2) is 0 Å². The van der Waals surface area contributed by atoms with Gasteiger partial charge in [-0.05, 0) is 34.1 Å². The molecule has 2 atom stereocenters. The number of aliphatic carboxylic acids is 1. The monoisotopic (exact) mass is 480 g/mol. The van der Waals surface area contributed by atoms with Crippen LogP contribution in [-0.2, 0) is 14.3 Å². The van der Waals surface area contributed by atoms with Crippen molar-refractivity contribution in [1.82, 2.24) is 10.6 Å². The number of ether oxygens (including phenoxy) is 1. The van der Waals surface area contributed by atoms with Gasteiger partial charge in [0.2, 0.25) is 5.91 Å². The molecular formula is C28H36N2O5. The molecule has 0 saturated carbocycles. The summed E-state index contributed by atoms with van der Waals surface area (Å²) in [6, 6.07) is 15.4. The van der Waals surface area contributed by atoms with E-state index in [-0.39, 0.29) is 31.3 Å².